The second-order valence-corrected chi connectivity index (χ2v) is 6.26. The summed E-state index contributed by atoms with van der Waals surface area (Å²) in [5.74, 6) is -1.12. The van der Waals surface area contributed by atoms with Crippen LogP contribution in [0.3, 0.4) is 0 Å². The van der Waals surface area contributed by atoms with Crippen molar-refractivity contribution in [2.45, 2.75) is 52.6 Å². The van der Waals surface area contributed by atoms with Crippen LogP contribution in [0.5, 0.6) is 0 Å². The Morgan fingerprint density at radius 1 is 1.19 bits per heavy atom. The lowest BCUT2D eigenvalue weighted by Gasteiger charge is -2.25. The Morgan fingerprint density at radius 3 is 2.43 bits per heavy atom. The average Bonchev–Trinajstić information content (AvgIpc) is 2.35. The molecule has 0 saturated heterocycles. The first-order chi connectivity index (χ1) is 9.64. The van der Waals surface area contributed by atoms with Gasteiger partial charge in [0.2, 0.25) is 5.82 Å². The highest BCUT2D eigenvalue weighted by Gasteiger charge is 2.35. The molecule has 0 radical (unpaired) electrons. The lowest BCUT2D eigenvalue weighted by Crippen LogP contribution is -2.24. The third-order valence-electron chi connectivity index (χ3n) is 3.15. The van der Waals surface area contributed by atoms with Crippen LogP contribution in [-0.4, -0.2) is 16.5 Å². The van der Waals surface area contributed by atoms with Gasteiger partial charge in [-0.3, -0.25) is 0 Å². The molecule has 1 heterocycles. The summed E-state index contributed by atoms with van der Waals surface area (Å²) in [5, 5.41) is 2.71. The molecule has 0 amide bonds. The maximum atomic E-state index is 12.6. The van der Waals surface area contributed by atoms with Gasteiger partial charge in [-0.2, -0.15) is 13.2 Å². The Morgan fingerprint density at radius 2 is 1.86 bits per heavy atom. The van der Waals surface area contributed by atoms with Gasteiger partial charge in [0.25, 0.3) is 0 Å². The SMILES string of the molecule is CCCCCC(C)(C)CNc1cc(Cl)nc(C(F)(F)F)n1. The van der Waals surface area contributed by atoms with Gasteiger partial charge >= 0.3 is 6.18 Å². The maximum Gasteiger partial charge on any atom is 0.451 e. The predicted octanol–water partition coefficient (Wildman–Crippen LogP) is 5.17. The van der Waals surface area contributed by atoms with Gasteiger partial charge in [-0.15, -0.1) is 0 Å². The second kappa shape index (κ2) is 7.29. The summed E-state index contributed by atoms with van der Waals surface area (Å²) >= 11 is 5.62. The van der Waals surface area contributed by atoms with Gasteiger partial charge in [0.15, 0.2) is 0 Å². The standard InChI is InChI=1S/C14H21ClF3N3/c1-4-5-6-7-13(2,3)9-19-11-8-10(15)20-12(21-11)14(16,17)18/h8H,4-7,9H2,1-3H3,(H,19,20,21). The highest BCUT2D eigenvalue weighted by molar-refractivity contribution is 6.29. The van der Waals surface area contributed by atoms with E-state index in [9.17, 15) is 13.2 Å². The van der Waals surface area contributed by atoms with Gasteiger partial charge in [-0.05, 0) is 11.8 Å². The summed E-state index contributed by atoms with van der Waals surface area (Å²) in [6, 6.07) is 1.30. The first-order valence-corrected chi connectivity index (χ1v) is 7.37. The first kappa shape index (κ1) is 18.0. The fourth-order valence-electron chi connectivity index (χ4n) is 1.91. The monoisotopic (exact) mass is 323 g/mol. The number of halogens is 4. The molecular weight excluding hydrogens is 303 g/mol. The normalized spacial score (nSPS) is 12.5. The first-order valence-electron chi connectivity index (χ1n) is 7.00. The zero-order chi connectivity index (χ0) is 16.1. The van der Waals surface area contributed by atoms with Crippen molar-refractivity contribution < 1.29 is 13.2 Å². The molecule has 3 nitrogen and oxygen atoms in total. The zero-order valence-corrected chi connectivity index (χ0v) is 13.3. The van der Waals surface area contributed by atoms with Crippen LogP contribution in [0.2, 0.25) is 5.15 Å². The molecule has 120 valence electrons. The van der Waals surface area contributed by atoms with E-state index in [2.05, 4.69) is 36.1 Å². The molecule has 1 aromatic heterocycles. The molecule has 1 rings (SSSR count). The van der Waals surface area contributed by atoms with Crippen molar-refractivity contribution in [2.75, 3.05) is 11.9 Å². The maximum absolute atomic E-state index is 12.6. The lowest BCUT2D eigenvalue weighted by molar-refractivity contribution is -0.144. The Hall–Kier alpha value is -1.04. The lowest BCUT2D eigenvalue weighted by atomic mass is 9.87. The van der Waals surface area contributed by atoms with Crippen molar-refractivity contribution in [3.8, 4) is 0 Å². The smallest absolute Gasteiger partial charge is 0.369 e. The van der Waals surface area contributed by atoms with Gasteiger partial charge in [-0.25, -0.2) is 9.97 Å². The van der Waals surface area contributed by atoms with E-state index in [0.717, 1.165) is 25.7 Å². The topological polar surface area (TPSA) is 37.8 Å². The van der Waals surface area contributed by atoms with Crippen LogP contribution < -0.4 is 5.32 Å². The van der Waals surface area contributed by atoms with Gasteiger partial charge in [0, 0.05) is 12.6 Å². The van der Waals surface area contributed by atoms with Crippen molar-refractivity contribution >= 4 is 17.4 Å². The molecule has 0 unspecified atom stereocenters. The van der Waals surface area contributed by atoms with E-state index >= 15 is 0 Å². The highest BCUT2D eigenvalue weighted by Crippen LogP contribution is 2.29. The summed E-state index contributed by atoms with van der Waals surface area (Å²) in [6.07, 6.45) is -0.207. The van der Waals surface area contributed by atoms with Crippen molar-refractivity contribution in [1.29, 1.82) is 0 Å². The molecule has 7 heteroatoms. The minimum atomic E-state index is -4.60. The predicted molar refractivity (Wildman–Crippen MR) is 78.5 cm³/mol. The molecule has 0 atom stereocenters. The van der Waals surface area contributed by atoms with Crippen molar-refractivity contribution in [3.05, 3.63) is 17.0 Å². The highest BCUT2D eigenvalue weighted by atomic mass is 35.5. The Bertz CT molecular complexity index is 461. The number of aromatic nitrogens is 2. The molecule has 0 aliphatic heterocycles. The number of hydrogen-bond donors (Lipinski definition) is 1. The molecule has 0 aromatic carbocycles. The van der Waals surface area contributed by atoms with Gasteiger partial charge in [-0.1, -0.05) is 51.6 Å². The van der Waals surface area contributed by atoms with E-state index in [1.807, 2.05) is 0 Å². The van der Waals surface area contributed by atoms with E-state index in [4.69, 9.17) is 11.6 Å². The Labute approximate surface area is 128 Å². The molecular formula is C14H21ClF3N3. The molecule has 21 heavy (non-hydrogen) atoms. The molecule has 0 saturated carbocycles. The third kappa shape index (κ3) is 6.50. The Kier molecular flexibility index (Phi) is 6.25. The number of anilines is 1. The number of hydrogen-bond acceptors (Lipinski definition) is 3. The van der Waals surface area contributed by atoms with Crippen molar-refractivity contribution in [3.63, 3.8) is 0 Å². The van der Waals surface area contributed by atoms with Crippen LogP contribution >= 0.6 is 11.6 Å². The minimum Gasteiger partial charge on any atom is -0.369 e. The molecule has 0 aliphatic rings. The number of alkyl halides is 3. The van der Waals surface area contributed by atoms with E-state index in [0.29, 0.717) is 6.54 Å². The Balaban J connectivity index is 2.69. The van der Waals surface area contributed by atoms with E-state index in [1.54, 1.807) is 0 Å². The zero-order valence-electron chi connectivity index (χ0n) is 12.5. The summed E-state index contributed by atoms with van der Waals surface area (Å²) < 4.78 is 37.8. The van der Waals surface area contributed by atoms with Crippen LogP contribution in [-0.2, 0) is 6.18 Å². The van der Waals surface area contributed by atoms with Gasteiger partial charge in [0.05, 0.1) is 0 Å². The van der Waals surface area contributed by atoms with E-state index < -0.39 is 12.0 Å². The molecule has 0 spiro atoms. The van der Waals surface area contributed by atoms with Crippen LogP contribution in [0, 0.1) is 5.41 Å². The van der Waals surface area contributed by atoms with E-state index in [1.165, 1.54) is 6.07 Å². The van der Waals surface area contributed by atoms with E-state index in [-0.39, 0.29) is 16.4 Å². The largest absolute Gasteiger partial charge is 0.451 e. The van der Waals surface area contributed by atoms with Crippen LogP contribution in [0.15, 0.2) is 6.07 Å². The van der Waals surface area contributed by atoms with Gasteiger partial charge < -0.3 is 5.32 Å². The molecule has 1 aromatic rings. The summed E-state index contributed by atoms with van der Waals surface area (Å²) in [7, 11) is 0. The fourth-order valence-corrected chi connectivity index (χ4v) is 2.09. The van der Waals surface area contributed by atoms with Gasteiger partial charge in [0.1, 0.15) is 11.0 Å². The number of rotatable bonds is 7. The summed E-state index contributed by atoms with van der Waals surface area (Å²) in [4.78, 5) is 6.67. The third-order valence-corrected chi connectivity index (χ3v) is 3.35. The summed E-state index contributed by atoms with van der Waals surface area (Å²) in [6.45, 7) is 6.81. The average molecular weight is 324 g/mol. The van der Waals surface area contributed by atoms with Crippen molar-refractivity contribution in [2.24, 2.45) is 5.41 Å². The van der Waals surface area contributed by atoms with Crippen molar-refractivity contribution in [1.82, 2.24) is 9.97 Å². The number of nitrogens with one attached hydrogen (secondary N) is 1. The van der Waals surface area contributed by atoms with Crippen LogP contribution in [0.25, 0.3) is 0 Å². The summed E-state index contributed by atoms with van der Waals surface area (Å²) in [5.41, 5.74) is -0.0228. The fraction of sp³-hybridized carbons (Fsp3) is 0.714. The molecule has 0 aliphatic carbocycles. The molecule has 0 fully saturated rings. The number of nitrogens with zero attached hydrogens (tertiary/aromatic N) is 2. The molecule has 0 bridgehead atoms. The number of unbranched alkanes of at least 4 members (excludes halogenated alkanes) is 2. The second-order valence-electron chi connectivity index (χ2n) is 5.87. The van der Waals surface area contributed by atoms with Crippen LogP contribution in [0.1, 0.15) is 52.3 Å². The van der Waals surface area contributed by atoms with Crippen LogP contribution in [0.4, 0.5) is 19.0 Å². The molecule has 1 N–H and O–H groups in total. The minimum absolute atomic E-state index is 0.0228. The quantitative estimate of drug-likeness (QED) is 0.556.